The van der Waals surface area contributed by atoms with Gasteiger partial charge in [-0.05, 0) is 12.1 Å². The molecule has 0 saturated heterocycles. The molecule has 1 heterocycles. The Labute approximate surface area is 98.2 Å². The average molecular weight is 232 g/mol. The fourth-order valence-corrected chi connectivity index (χ4v) is 1.42. The van der Waals surface area contributed by atoms with Crippen LogP contribution >= 0.6 is 0 Å². The van der Waals surface area contributed by atoms with Crippen molar-refractivity contribution in [2.24, 2.45) is 7.05 Å². The van der Waals surface area contributed by atoms with Crippen LogP contribution in [-0.2, 0) is 7.05 Å². The van der Waals surface area contributed by atoms with E-state index in [0.29, 0.717) is 17.1 Å². The number of rotatable bonds is 3. The van der Waals surface area contributed by atoms with Gasteiger partial charge in [-0.1, -0.05) is 17.3 Å². The summed E-state index contributed by atoms with van der Waals surface area (Å²) in [6.45, 7) is 0. The Hall–Kier alpha value is -2.37. The number of carbonyl (C=O) groups excluding carboxylic acids is 1. The van der Waals surface area contributed by atoms with E-state index < -0.39 is 0 Å². The molecule has 0 bridgehead atoms. The number of hydrogen-bond donors (Lipinski definition) is 1. The van der Waals surface area contributed by atoms with E-state index in [2.05, 4.69) is 15.6 Å². The number of amides is 1. The molecule has 0 unspecified atom stereocenters. The Bertz CT molecular complexity index is 536. The first-order valence-electron chi connectivity index (χ1n) is 5.01. The highest BCUT2D eigenvalue weighted by Gasteiger charge is 2.12. The van der Waals surface area contributed by atoms with Crippen LogP contribution in [0.1, 0.15) is 10.4 Å². The molecule has 88 valence electrons. The molecule has 6 heteroatoms. The molecule has 2 rings (SSSR count). The number of methoxy groups -OCH3 is 1. The number of benzene rings is 1. The maximum atomic E-state index is 11.9. The summed E-state index contributed by atoms with van der Waals surface area (Å²) in [5, 5.41) is 10.1. The monoisotopic (exact) mass is 232 g/mol. The van der Waals surface area contributed by atoms with Gasteiger partial charge >= 0.3 is 0 Å². The van der Waals surface area contributed by atoms with Gasteiger partial charge in [0.2, 0.25) is 0 Å². The third-order valence-corrected chi connectivity index (χ3v) is 2.20. The molecule has 0 radical (unpaired) electrons. The van der Waals surface area contributed by atoms with Crippen LogP contribution < -0.4 is 10.1 Å². The molecule has 0 spiro atoms. The van der Waals surface area contributed by atoms with Crippen LogP contribution in [-0.4, -0.2) is 28.0 Å². The van der Waals surface area contributed by atoms with Crippen LogP contribution in [0.3, 0.4) is 0 Å². The van der Waals surface area contributed by atoms with Crippen LogP contribution in [0, 0.1) is 0 Å². The second-order valence-corrected chi connectivity index (χ2v) is 3.43. The van der Waals surface area contributed by atoms with E-state index in [-0.39, 0.29) is 5.91 Å². The van der Waals surface area contributed by atoms with Crippen molar-refractivity contribution in [3.8, 4) is 5.75 Å². The summed E-state index contributed by atoms with van der Waals surface area (Å²) in [6.07, 6.45) is 1.62. The van der Waals surface area contributed by atoms with Crippen LogP contribution in [0.25, 0.3) is 0 Å². The van der Waals surface area contributed by atoms with Gasteiger partial charge in [0.15, 0.2) is 5.82 Å². The minimum absolute atomic E-state index is 0.275. The Morgan fingerprint density at radius 2 is 2.18 bits per heavy atom. The van der Waals surface area contributed by atoms with E-state index in [1.807, 2.05) is 0 Å². The molecule has 1 N–H and O–H groups in total. The van der Waals surface area contributed by atoms with Gasteiger partial charge in [0.05, 0.1) is 18.9 Å². The Balaban J connectivity index is 2.20. The van der Waals surface area contributed by atoms with Gasteiger partial charge in [-0.2, -0.15) is 0 Å². The highest BCUT2D eigenvalue weighted by molar-refractivity contribution is 6.05. The van der Waals surface area contributed by atoms with Gasteiger partial charge in [0, 0.05) is 7.05 Å². The smallest absolute Gasteiger partial charge is 0.260 e. The summed E-state index contributed by atoms with van der Waals surface area (Å²) in [7, 11) is 3.25. The fraction of sp³-hybridized carbons (Fsp3) is 0.182. The maximum absolute atomic E-state index is 11.9. The van der Waals surface area contributed by atoms with Gasteiger partial charge in [0.1, 0.15) is 5.75 Å². The zero-order valence-corrected chi connectivity index (χ0v) is 9.54. The van der Waals surface area contributed by atoms with Crippen molar-refractivity contribution >= 4 is 11.7 Å². The predicted molar refractivity (Wildman–Crippen MR) is 62.0 cm³/mol. The molecule has 1 aromatic heterocycles. The van der Waals surface area contributed by atoms with E-state index in [1.54, 1.807) is 37.5 Å². The largest absolute Gasteiger partial charge is 0.496 e. The van der Waals surface area contributed by atoms with Gasteiger partial charge < -0.3 is 10.1 Å². The van der Waals surface area contributed by atoms with E-state index in [9.17, 15) is 4.79 Å². The van der Waals surface area contributed by atoms with Crippen molar-refractivity contribution in [2.75, 3.05) is 12.4 Å². The number of aryl methyl sites for hydroxylation is 1. The SMILES string of the molecule is COc1ccccc1C(=O)Nc1cn(C)nn1. The van der Waals surface area contributed by atoms with Crippen LogP contribution in [0.4, 0.5) is 5.82 Å². The zero-order valence-electron chi connectivity index (χ0n) is 9.54. The third kappa shape index (κ3) is 2.41. The minimum atomic E-state index is -0.275. The molecule has 1 amide bonds. The van der Waals surface area contributed by atoms with Crippen molar-refractivity contribution in [3.05, 3.63) is 36.0 Å². The fourth-order valence-electron chi connectivity index (χ4n) is 1.42. The molecular formula is C11H12N4O2. The third-order valence-electron chi connectivity index (χ3n) is 2.20. The van der Waals surface area contributed by atoms with Gasteiger partial charge in [-0.3, -0.25) is 9.48 Å². The Morgan fingerprint density at radius 3 is 2.82 bits per heavy atom. The normalized spacial score (nSPS) is 10.0. The lowest BCUT2D eigenvalue weighted by Crippen LogP contribution is -2.13. The van der Waals surface area contributed by atoms with Crippen LogP contribution in [0.15, 0.2) is 30.5 Å². The summed E-state index contributed by atoms with van der Waals surface area (Å²) in [5.41, 5.74) is 0.459. The second-order valence-electron chi connectivity index (χ2n) is 3.43. The topological polar surface area (TPSA) is 69.0 Å². The number of carbonyl (C=O) groups is 1. The lowest BCUT2D eigenvalue weighted by Gasteiger charge is -2.06. The molecular weight excluding hydrogens is 220 g/mol. The Morgan fingerprint density at radius 1 is 1.41 bits per heavy atom. The zero-order chi connectivity index (χ0) is 12.3. The van der Waals surface area contributed by atoms with Crippen LogP contribution in [0.2, 0.25) is 0 Å². The molecule has 17 heavy (non-hydrogen) atoms. The molecule has 0 atom stereocenters. The number of ether oxygens (including phenoxy) is 1. The number of hydrogen-bond acceptors (Lipinski definition) is 4. The first kappa shape index (κ1) is 11.1. The van der Waals surface area contributed by atoms with Gasteiger partial charge in [0.25, 0.3) is 5.91 Å². The molecule has 0 aliphatic rings. The highest BCUT2D eigenvalue weighted by atomic mass is 16.5. The van der Waals surface area contributed by atoms with Gasteiger partial charge in [-0.15, -0.1) is 5.10 Å². The van der Waals surface area contributed by atoms with E-state index in [1.165, 1.54) is 11.8 Å². The van der Waals surface area contributed by atoms with Crippen molar-refractivity contribution in [2.45, 2.75) is 0 Å². The molecule has 0 fully saturated rings. The number of aromatic nitrogens is 3. The van der Waals surface area contributed by atoms with E-state index >= 15 is 0 Å². The lowest BCUT2D eigenvalue weighted by molar-refractivity contribution is 0.102. The van der Waals surface area contributed by atoms with Crippen molar-refractivity contribution < 1.29 is 9.53 Å². The van der Waals surface area contributed by atoms with E-state index in [0.717, 1.165) is 0 Å². The molecule has 1 aromatic carbocycles. The molecule has 0 saturated carbocycles. The lowest BCUT2D eigenvalue weighted by atomic mass is 10.2. The predicted octanol–water partition coefficient (Wildman–Crippen LogP) is 1.08. The quantitative estimate of drug-likeness (QED) is 0.859. The van der Waals surface area contributed by atoms with Crippen LogP contribution in [0.5, 0.6) is 5.75 Å². The molecule has 0 aliphatic heterocycles. The second kappa shape index (κ2) is 4.65. The van der Waals surface area contributed by atoms with Crippen molar-refractivity contribution in [1.82, 2.24) is 15.0 Å². The number of nitrogens with zero attached hydrogens (tertiary/aromatic N) is 3. The average Bonchev–Trinajstić information content (AvgIpc) is 2.74. The van der Waals surface area contributed by atoms with Crippen molar-refractivity contribution in [1.29, 1.82) is 0 Å². The summed E-state index contributed by atoms with van der Waals surface area (Å²) < 4.78 is 6.62. The molecule has 2 aromatic rings. The first-order valence-corrected chi connectivity index (χ1v) is 5.01. The standard InChI is InChI=1S/C11H12N4O2/c1-15-7-10(13-14-15)12-11(16)8-5-3-4-6-9(8)17-2/h3-7H,1-2H3,(H,12,16). The highest BCUT2D eigenvalue weighted by Crippen LogP contribution is 2.18. The van der Waals surface area contributed by atoms with E-state index in [4.69, 9.17) is 4.74 Å². The summed E-state index contributed by atoms with van der Waals surface area (Å²) in [4.78, 5) is 11.9. The summed E-state index contributed by atoms with van der Waals surface area (Å²) >= 11 is 0. The minimum Gasteiger partial charge on any atom is -0.496 e. The summed E-state index contributed by atoms with van der Waals surface area (Å²) in [5.74, 6) is 0.653. The first-order chi connectivity index (χ1) is 8.20. The number of para-hydroxylation sites is 1. The van der Waals surface area contributed by atoms with Gasteiger partial charge in [-0.25, -0.2) is 0 Å². The number of nitrogens with one attached hydrogen (secondary N) is 1. The van der Waals surface area contributed by atoms with Crippen molar-refractivity contribution in [3.63, 3.8) is 0 Å². The maximum Gasteiger partial charge on any atom is 0.260 e. The Kier molecular flexibility index (Phi) is 3.04. The molecule has 0 aliphatic carbocycles. The summed E-state index contributed by atoms with van der Waals surface area (Å²) in [6, 6.07) is 6.99. The number of anilines is 1. The molecule has 6 nitrogen and oxygen atoms in total.